The molecule has 8 nitrogen and oxygen atoms in total. The Hall–Kier alpha value is -3.82. The fourth-order valence-corrected chi connectivity index (χ4v) is 4.69. The van der Waals surface area contributed by atoms with Gasteiger partial charge in [-0.25, -0.2) is 9.87 Å². The number of hydrogen-bond acceptors (Lipinski definition) is 5. The predicted octanol–water partition coefficient (Wildman–Crippen LogP) is 2.02. The minimum atomic E-state index is -0.948. The summed E-state index contributed by atoms with van der Waals surface area (Å²) in [7, 11) is 0. The Bertz CT molecular complexity index is 1270. The van der Waals surface area contributed by atoms with Crippen molar-refractivity contribution in [3.63, 3.8) is 0 Å². The summed E-state index contributed by atoms with van der Waals surface area (Å²) in [6.07, 6.45) is 0.408. The highest BCUT2D eigenvalue weighted by Gasteiger charge is 2.40. The van der Waals surface area contributed by atoms with E-state index in [1.165, 1.54) is 21.9 Å². The molecule has 4 N–H and O–H groups in total. The molecule has 3 aromatic carbocycles. The fourth-order valence-electron chi connectivity index (χ4n) is 4.69. The van der Waals surface area contributed by atoms with Gasteiger partial charge >= 0.3 is 0 Å². The molecule has 1 aliphatic rings. The minimum Gasteiger partial charge on any atom is -0.328 e. The highest BCUT2D eigenvalue weighted by molar-refractivity contribution is 5.94. The molecule has 1 aliphatic heterocycles. The van der Waals surface area contributed by atoms with Gasteiger partial charge in [-0.2, -0.15) is 0 Å². The van der Waals surface area contributed by atoms with E-state index in [0.29, 0.717) is 5.56 Å². The normalized spacial score (nSPS) is 17.7. The standard InChI is InChI=1S/C27H29FN4O4/c1-17-26(34)32(13-12-31(17)27(35)23(29)15-18-7-10-22(28)11-8-18)24(25(33)30-36)16-19-6-9-20-4-2-3-5-21(20)14-19/h2-11,14,17,23-24,36H,12-13,15-16,29H2,1H3,(H,30,33). The van der Waals surface area contributed by atoms with E-state index < -0.39 is 35.8 Å². The predicted molar refractivity (Wildman–Crippen MR) is 132 cm³/mol. The molecule has 1 fully saturated rings. The van der Waals surface area contributed by atoms with Gasteiger partial charge in [-0.15, -0.1) is 0 Å². The summed E-state index contributed by atoms with van der Waals surface area (Å²) in [6.45, 7) is 1.90. The summed E-state index contributed by atoms with van der Waals surface area (Å²) in [5.74, 6) is -1.87. The van der Waals surface area contributed by atoms with Crippen molar-refractivity contribution >= 4 is 28.5 Å². The number of halogens is 1. The molecule has 3 aromatic rings. The number of piperazine rings is 1. The third kappa shape index (κ3) is 5.37. The molecule has 0 aliphatic carbocycles. The largest absolute Gasteiger partial charge is 0.328 e. The molecule has 4 rings (SSSR count). The smallest absolute Gasteiger partial charge is 0.266 e. The third-order valence-corrected chi connectivity index (χ3v) is 6.69. The third-order valence-electron chi connectivity index (χ3n) is 6.69. The van der Waals surface area contributed by atoms with Gasteiger partial charge in [0.2, 0.25) is 11.8 Å². The van der Waals surface area contributed by atoms with Crippen LogP contribution in [0.2, 0.25) is 0 Å². The monoisotopic (exact) mass is 492 g/mol. The molecule has 9 heteroatoms. The van der Waals surface area contributed by atoms with Crippen molar-refractivity contribution in [1.82, 2.24) is 15.3 Å². The Labute approximate surface area is 208 Å². The number of hydroxylamine groups is 1. The SMILES string of the molecule is CC1C(=O)N(C(Cc2ccc3ccccc3c2)C(=O)NO)CCN1C(=O)C(N)Cc1ccc(F)cc1. The van der Waals surface area contributed by atoms with E-state index in [1.54, 1.807) is 24.5 Å². The van der Waals surface area contributed by atoms with Crippen LogP contribution >= 0.6 is 0 Å². The van der Waals surface area contributed by atoms with Crippen molar-refractivity contribution in [2.24, 2.45) is 5.73 Å². The van der Waals surface area contributed by atoms with Gasteiger partial charge in [0.1, 0.15) is 17.9 Å². The van der Waals surface area contributed by atoms with E-state index >= 15 is 0 Å². The molecule has 1 saturated heterocycles. The highest BCUT2D eigenvalue weighted by atomic mass is 19.1. The maximum Gasteiger partial charge on any atom is 0.266 e. The lowest BCUT2D eigenvalue weighted by atomic mass is 9.98. The van der Waals surface area contributed by atoms with E-state index in [1.807, 2.05) is 42.5 Å². The molecule has 3 atom stereocenters. The molecule has 0 spiro atoms. The number of nitrogens with two attached hydrogens (primary N) is 1. The topological polar surface area (TPSA) is 116 Å². The second kappa shape index (κ2) is 10.8. The lowest BCUT2D eigenvalue weighted by molar-refractivity contribution is -0.157. The minimum absolute atomic E-state index is 0.115. The second-order valence-electron chi connectivity index (χ2n) is 9.05. The highest BCUT2D eigenvalue weighted by Crippen LogP contribution is 2.21. The first-order valence-corrected chi connectivity index (χ1v) is 11.8. The number of fused-ring (bicyclic) bond motifs is 1. The Morgan fingerprint density at radius 3 is 2.39 bits per heavy atom. The fraction of sp³-hybridized carbons (Fsp3) is 0.296. The van der Waals surface area contributed by atoms with Crippen molar-refractivity contribution in [3.05, 3.63) is 83.7 Å². The van der Waals surface area contributed by atoms with Crippen LogP contribution in [-0.4, -0.2) is 63.9 Å². The zero-order valence-corrected chi connectivity index (χ0v) is 19.9. The molecule has 188 valence electrons. The van der Waals surface area contributed by atoms with Crippen molar-refractivity contribution in [2.75, 3.05) is 13.1 Å². The summed E-state index contributed by atoms with van der Waals surface area (Å²) >= 11 is 0. The van der Waals surface area contributed by atoms with Crippen LogP contribution in [0.5, 0.6) is 0 Å². The van der Waals surface area contributed by atoms with Crippen molar-refractivity contribution < 1.29 is 24.0 Å². The molecule has 0 radical (unpaired) electrons. The first kappa shape index (κ1) is 25.3. The van der Waals surface area contributed by atoms with Crippen molar-refractivity contribution in [2.45, 2.75) is 37.9 Å². The van der Waals surface area contributed by atoms with Crippen molar-refractivity contribution in [3.8, 4) is 0 Å². The first-order valence-electron chi connectivity index (χ1n) is 11.8. The first-order chi connectivity index (χ1) is 17.3. The van der Waals surface area contributed by atoms with E-state index in [9.17, 15) is 24.0 Å². The lowest BCUT2D eigenvalue weighted by Gasteiger charge is -2.42. The molecule has 3 amide bonds. The van der Waals surface area contributed by atoms with Crippen LogP contribution in [0.4, 0.5) is 4.39 Å². The molecular formula is C27H29FN4O4. The van der Waals surface area contributed by atoms with Gasteiger partial charge in [0, 0.05) is 19.5 Å². The van der Waals surface area contributed by atoms with Crippen LogP contribution in [0.25, 0.3) is 10.8 Å². The zero-order valence-electron chi connectivity index (χ0n) is 19.9. The van der Waals surface area contributed by atoms with Crippen molar-refractivity contribution in [1.29, 1.82) is 0 Å². The molecule has 0 saturated carbocycles. The number of benzene rings is 3. The Balaban J connectivity index is 1.47. The Morgan fingerprint density at radius 1 is 1.03 bits per heavy atom. The summed E-state index contributed by atoms with van der Waals surface area (Å²) in [4.78, 5) is 41.8. The lowest BCUT2D eigenvalue weighted by Crippen LogP contribution is -2.64. The van der Waals surface area contributed by atoms with Crippen LogP contribution in [0.15, 0.2) is 66.7 Å². The molecule has 3 unspecified atom stereocenters. The van der Waals surface area contributed by atoms with Crippen LogP contribution in [-0.2, 0) is 27.2 Å². The summed E-state index contributed by atoms with van der Waals surface area (Å²) in [5, 5.41) is 11.4. The number of nitrogens with zero attached hydrogens (tertiary/aromatic N) is 2. The van der Waals surface area contributed by atoms with Gasteiger partial charge in [0.05, 0.1) is 6.04 Å². The summed E-state index contributed by atoms with van der Waals surface area (Å²) < 4.78 is 13.2. The average Bonchev–Trinajstić information content (AvgIpc) is 2.89. The molecular weight excluding hydrogens is 463 g/mol. The Morgan fingerprint density at radius 2 is 1.69 bits per heavy atom. The van der Waals surface area contributed by atoms with E-state index in [4.69, 9.17) is 5.73 Å². The van der Waals surface area contributed by atoms with Crippen LogP contribution < -0.4 is 11.2 Å². The Kier molecular flexibility index (Phi) is 7.61. The van der Waals surface area contributed by atoms with Crippen LogP contribution in [0.1, 0.15) is 18.1 Å². The number of nitrogens with one attached hydrogen (secondary N) is 1. The molecule has 0 bridgehead atoms. The van der Waals surface area contributed by atoms with E-state index in [-0.39, 0.29) is 31.7 Å². The number of hydrogen-bond donors (Lipinski definition) is 3. The number of carbonyl (C=O) groups excluding carboxylic acids is 3. The van der Waals surface area contributed by atoms with Gasteiger partial charge in [-0.05, 0) is 47.4 Å². The van der Waals surface area contributed by atoms with Gasteiger partial charge < -0.3 is 15.5 Å². The van der Waals surface area contributed by atoms with Crippen LogP contribution in [0.3, 0.4) is 0 Å². The molecule has 1 heterocycles. The molecule has 36 heavy (non-hydrogen) atoms. The number of rotatable bonds is 7. The van der Waals surface area contributed by atoms with E-state index in [0.717, 1.165) is 16.3 Å². The number of amides is 3. The maximum atomic E-state index is 13.3. The summed E-state index contributed by atoms with van der Waals surface area (Å²) in [6, 6.07) is 16.7. The average molecular weight is 493 g/mol. The van der Waals surface area contributed by atoms with Crippen LogP contribution in [0, 0.1) is 5.82 Å². The van der Waals surface area contributed by atoms with Gasteiger partial charge in [0.25, 0.3) is 5.91 Å². The van der Waals surface area contributed by atoms with E-state index in [2.05, 4.69) is 0 Å². The van der Waals surface area contributed by atoms with Gasteiger partial charge in [-0.1, -0.05) is 54.6 Å². The molecule has 0 aromatic heterocycles. The maximum absolute atomic E-state index is 13.3. The second-order valence-corrected chi connectivity index (χ2v) is 9.05. The summed E-state index contributed by atoms with van der Waals surface area (Å²) in [5.41, 5.74) is 9.36. The quantitative estimate of drug-likeness (QED) is 0.345. The van der Waals surface area contributed by atoms with Gasteiger partial charge in [-0.3, -0.25) is 19.6 Å². The number of carbonyl (C=O) groups is 3. The zero-order chi connectivity index (χ0) is 25.8. The van der Waals surface area contributed by atoms with Gasteiger partial charge in [0.15, 0.2) is 0 Å².